The number of nitrogens with zero attached hydrogens (tertiary/aromatic N) is 4. The molecular formula is C26H41Cl3N6O6. The minimum absolute atomic E-state index is 0.00804. The number of carboxylic acid groups (broad SMARTS) is 1. The lowest BCUT2D eigenvalue weighted by Gasteiger charge is -2.42. The first-order valence-corrected chi connectivity index (χ1v) is 14.5. The first kappa shape index (κ1) is 34.9. The van der Waals surface area contributed by atoms with E-state index in [4.69, 9.17) is 44.3 Å². The number of piperidine rings is 1. The SMILES string of the molecule is COCCCNc1nc(C(C)(C)C)ncc1C(=O)N(CC(C)C)[C@H]1C[C@@H](NC(=O)OCC(Cl)(Cl)Cl)CN(C(=O)O)C1. The lowest BCUT2D eigenvalue weighted by atomic mass is 9.95. The highest BCUT2D eigenvalue weighted by Crippen LogP contribution is 2.27. The Morgan fingerprint density at radius 2 is 1.90 bits per heavy atom. The third-order valence-corrected chi connectivity index (χ3v) is 6.49. The molecule has 0 aliphatic carbocycles. The minimum Gasteiger partial charge on any atom is -0.465 e. The zero-order valence-electron chi connectivity index (χ0n) is 24.4. The number of carbonyl (C=O) groups is 3. The molecule has 1 aromatic heterocycles. The first-order chi connectivity index (χ1) is 19.0. The van der Waals surface area contributed by atoms with Crippen LogP contribution in [0, 0.1) is 5.92 Å². The summed E-state index contributed by atoms with van der Waals surface area (Å²) in [7, 11) is 1.62. The summed E-state index contributed by atoms with van der Waals surface area (Å²) >= 11 is 17.0. The highest BCUT2D eigenvalue weighted by Gasteiger charge is 2.38. The molecule has 1 aromatic rings. The third kappa shape index (κ3) is 11.5. The van der Waals surface area contributed by atoms with E-state index in [-0.39, 0.29) is 42.3 Å². The van der Waals surface area contributed by atoms with Gasteiger partial charge >= 0.3 is 12.2 Å². The summed E-state index contributed by atoms with van der Waals surface area (Å²) in [5.74, 6) is 0.692. The Morgan fingerprint density at radius 1 is 1.22 bits per heavy atom. The van der Waals surface area contributed by atoms with Crippen LogP contribution in [0.2, 0.25) is 0 Å². The number of alkyl halides is 3. The van der Waals surface area contributed by atoms with Gasteiger partial charge in [0.15, 0.2) is 0 Å². The highest BCUT2D eigenvalue weighted by atomic mass is 35.6. The largest absolute Gasteiger partial charge is 0.465 e. The first-order valence-electron chi connectivity index (χ1n) is 13.4. The molecule has 0 radical (unpaired) electrons. The molecule has 0 aromatic carbocycles. The van der Waals surface area contributed by atoms with E-state index in [1.165, 1.54) is 6.20 Å². The monoisotopic (exact) mass is 638 g/mol. The smallest absolute Gasteiger partial charge is 0.407 e. The molecule has 1 saturated heterocycles. The molecule has 15 heteroatoms. The number of ether oxygens (including phenoxy) is 2. The number of nitrogens with one attached hydrogen (secondary N) is 2. The molecule has 1 aliphatic rings. The zero-order chi connectivity index (χ0) is 31.0. The van der Waals surface area contributed by atoms with E-state index in [1.54, 1.807) is 12.0 Å². The second kappa shape index (κ2) is 15.3. The Kier molecular flexibility index (Phi) is 13.0. The summed E-state index contributed by atoms with van der Waals surface area (Å²) in [6, 6.07) is -1.21. The lowest BCUT2D eigenvalue weighted by molar-refractivity contribution is 0.0445. The summed E-state index contributed by atoms with van der Waals surface area (Å²) in [5.41, 5.74) is -0.0769. The van der Waals surface area contributed by atoms with E-state index >= 15 is 0 Å². The van der Waals surface area contributed by atoms with Crippen LogP contribution < -0.4 is 10.6 Å². The van der Waals surface area contributed by atoms with Crippen LogP contribution in [-0.2, 0) is 14.9 Å². The number of likely N-dealkylation sites (tertiary alicyclic amines) is 1. The summed E-state index contributed by atoms with van der Waals surface area (Å²) in [4.78, 5) is 50.5. The van der Waals surface area contributed by atoms with Crippen molar-refractivity contribution < 1.29 is 29.0 Å². The number of hydrogen-bond donors (Lipinski definition) is 3. The van der Waals surface area contributed by atoms with E-state index in [2.05, 4.69) is 20.6 Å². The van der Waals surface area contributed by atoms with Crippen molar-refractivity contribution in [2.45, 2.75) is 68.8 Å². The third-order valence-electron chi connectivity index (χ3n) is 6.16. The van der Waals surface area contributed by atoms with Crippen molar-refractivity contribution in [3.63, 3.8) is 0 Å². The molecule has 1 aliphatic heterocycles. The Labute approximate surface area is 256 Å². The van der Waals surface area contributed by atoms with Gasteiger partial charge in [0.2, 0.25) is 3.79 Å². The molecular weight excluding hydrogens is 599 g/mol. The normalized spacial score (nSPS) is 17.8. The maximum Gasteiger partial charge on any atom is 0.407 e. The van der Waals surface area contributed by atoms with E-state index in [9.17, 15) is 19.5 Å². The van der Waals surface area contributed by atoms with E-state index in [0.29, 0.717) is 37.8 Å². The number of rotatable bonds is 11. The van der Waals surface area contributed by atoms with Gasteiger partial charge in [-0.15, -0.1) is 0 Å². The predicted octanol–water partition coefficient (Wildman–Crippen LogP) is 4.54. The van der Waals surface area contributed by atoms with Gasteiger partial charge in [0.1, 0.15) is 23.8 Å². The molecule has 0 bridgehead atoms. The van der Waals surface area contributed by atoms with Crippen molar-refractivity contribution in [2.75, 3.05) is 51.8 Å². The second-order valence-electron chi connectivity index (χ2n) is 11.4. The van der Waals surface area contributed by atoms with Crippen LogP contribution in [0.4, 0.5) is 15.4 Å². The number of methoxy groups -OCH3 is 1. The molecule has 3 amide bonds. The van der Waals surface area contributed by atoms with E-state index < -0.39 is 34.7 Å². The van der Waals surface area contributed by atoms with Gasteiger partial charge in [0.25, 0.3) is 5.91 Å². The van der Waals surface area contributed by atoms with Crippen LogP contribution in [-0.4, -0.2) is 105 Å². The molecule has 2 rings (SSSR count). The van der Waals surface area contributed by atoms with Crippen molar-refractivity contribution in [2.24, 2.45) is 5.92 Å². The van der Waals surface area contributed by atoms with Gasteiger partial charge in [-0.3, -0.25) is 4.79 Å². The molecule has 0 saturated carbocycles. The Bertz CT molecular complexity index is 1050. The molecule has 2 heterocycles. The maximum atomic E-state index is 14.1. The molecule has 3 N–H and O–H groups in total. The highest BCUT2D eigenvalue weighted by molar-refractivity contribution is 6.67. The van der Waals surface area contributed by atoms with Gasteiger partial charge in [-0.25, -0.2) is 19.6 Å². The Balaban J connectivity index is 2.39. The van der Waals surface area contributed by atoms with Crippen molar-refractivity contribution in [1.82, 2.24) is 25.1 Å². The lowest BCUT2D eigenvalue weighted by Crippen LogP contribution is -2.59. The van der Waals surface area contributed by atoms with Gasteiger partial charge in [0, 0.05) is 51.5 Å². The summed E-state index contributed by atoms with van der Waals surface area (Å²) in [6.07, 6.45) is 0.466. The van der Waals surface area contributed by atoms with Crippen molar-refractivity contribution in [3.8, 4) is 0 Å². The predicted molar refractivity (Wildman–Crippen MR) is 158 cm³/mol. The van der Waals surface area contributed by atoms with Crippen molar-refractivity contribution in [3.05, 3.63) is 17.6 Å². The van der Waals surface area contributed by atoms with Gasteiger partial charge in [-0.1, -0.05) is 69.4 Å². The average molecular weight is 640 g/mol. The van der Waals surface area contributed by atoms with Crippen LogP contribution in [0.25, 0.3) is 0 Å². The minimum atomic E-state index is -1.79. The van der Waals surface area contributed by atoms with Crippen LogP contribution >= 0.6 is 34.8 Å². The number of hydrogen-bond acceptors (Lipinski definition) is 8. The number of carbonyl (C=O) groups excluding carboxylic acids is 2. The molecule has 12 nitrogen and oxygen atoms in total. The molecule has 232 valence electrons. The molecule has 41 heavy (non-hydrogen) atoms. The summed E-state index contributed by atoms with van der Waals surface area (Å²) < 4.78 is 8.31. The van der Waals surface area contributed by atoms with Gasteiger partial charge in [0.05, 0.1) is 12.1 Å². The molecule has 0 spiro atoms. The number of aromatic nitrogens is 2. The van der Waals surface area contributed by atoms with Crippen LogP contribution in [0.1, 0.15) is 63.6 Å². The van der Waals surface area contributed by atoms with Crippen molar-refractivity contribution >= 4 is 58.7 Å². The zero-order valence-corrected chi connectivity index (χ0v) is 26.6. The fraction of sp³-hybridized carbons (Fsp3) is 0.731. The average Bonchev–Trinajstić information content (AvgIpc) is 2.87. The Hall–Kier alpha value is -2.28. The van der Waals surface area contributed by atoms with Crippen LogP contribution in [0.5, 0.6) is 0 Å². The van der Waals surface area contributed by atoms with E-state index in [0.717, 1.165) is 4.90 Å². The molecule has 1 fully saturated rings. The van der Waals surface area contributed by atoms with Crippen LogP contribution in [0.15, 0.2) is 6.20 Å². The van der Waals surface area contributed by atoms with Gasteiger partial charge in [-0.05, 0) is 18.8 Å². The van der Waals surface area contributed by atoms with E-state index in [1.807, 2.05) is 34.6 Å². The maximum absolute atomic E-state index is 14.1. The summed E-state index contributed by atoms with van der Waals surface area (Å²) in [5, 5.41) is 15.7. The Morgan fingerprint density at radius 3 is 2.46 bits per heavy atom. The topological polar surface area (TPSA) is 146 Å². The standard InChI is InChI=1S/C26H41Cl3N6O6/c1-16(2)12-35(18-10-17(13-34(14-18)24(38)39)32-23(37)41-15-26(27,28)29)21(36)19-11-31-22(25(3,4)5)33-20(19)30-8-7-9-40-6/h11,16-18H,7-10,12-15H2,1-6H3,(H,32,37)(H,38,39)(H,30,31,33)/t17-,18+/m1/s1. The van der Waals surface area contributed by atoms with Gasteiger partial charge in [-0.2, -0.15) is 0 Å². The summed E-state index contributed by atoms with van der Waals surface area (Å²) in [6.45, 7) is 10.9. The van der Waals surface area contributed by atoms with Gasteiger partial charge < -0.3 is 35.0 Å². The van der Waals surface area contributed by atoms with Crippen LogP contribution in [0.3, 0.4) is 0 Å². The van der Waals surface area contributed by atoms with Crippen molar-refractivity contribution in [1.29, 1.82) is 0 Å². The number of alkyl carbamates (subject to hydrolysis) is 1. The number of amides is 3. The quantitative estimate of drug-likeness (QED) is 0.235. The molecule has 2 atom stereocenters. The number of anilines is 1. The number of halogens is 3. The molecule has 0 unspecified atom stereocenters. The second-order valence-corrected chi connectivity index (χ2v) is 14.0. The fourth-order valence-corrected chi connectivity index (χ4v) is 4.48. The fourth-order valence-electron chi connectivity index (χ4n) is 4.32.